The third-order valence-corrected chi connectivity index (χ3v) is 4.84. The van der Waals surface area contributed by atoms with Crippen molar-refractivity contribution >= 4 is 35.6 Å². The summed E-state index contributed by atoms with van der Waals surface area (Å²) >= 11 is 0. The van der Waals surface area contributed by atoms with Crippen molar-refractivity contribution in [1.29, 1.82) is 0 Å². The molecule has 5 nitrogen and oxygen atoms in total. The number of halogens is 1. The van der Waals surface area contributed by atoms with Gasteiger partial charge in [-0.05, 0) is 50.2 Å². The van der Waals surface area contributed by atoms with E-state index in [-0.39, 0.29) is 30.6 Å². The molecular formula is C21H37IN4O. The summed E-state index contributed by atoms with van der Waals surface area (Å²) < 4.78 is 0. The Kier molecular flexibility index (Phi) is 11.7. The molecule has 0 aromatic heterocycles. The first kappa shape index (κ1) is 24.0. The van der Waals surface area contributed by atoms with Crippen LogP contribution < -0.4 is 15.5 Å². The van der Waals surface area contributed by atoms with Crippen LogP contribution in [0.3, 0.4) is 0 Å². The van der Waals surface area contributed by atoms with E-state index in [1.807, 2.05) is 0 Å². The average Bonchev–Trinajstić information content (AvgIpc) is 3.09. The molecule has 0 bridgehead atoms. The molecule has 1 fully saturated rings. The van der Waals surface area contributed by atoms with E-state index in [1.165, 1.54) is 5.69 Å². The lowest BCUT2D eigenvalue weighted by molar-refractivity contribution is 0.245. The predicted octanol–water partition coefficient (Wildman–Crippen LogP) is 3.48. The normalized spacial score (nSPS) is 18.3. The number of aliphatic hydroxyl groups excluding tert-OH is 1. The van der Waals surface area contributed by atoms with Gasteiger partial charge >= 0.3 is 0 Å². The summed E-state index contributed by atoms with van der Waals surface area (Å²) in [6.45, 7) is 10.5. The number of anilines is 1. The summed E-state index contributed by atoms with van der Waals surface area (Å²) in [5.74, 6) is 1.98. The van der Waals surface area contributed by atoms with Gasteiger partial charge in [-0.15, -0.1) is 24.0 Å². The lowest BCUT2D eigenvalue weighted by Gasteiger charge is -2.21. The van der Waals surface area contributed by atoms with Gasteiger partial charge < -0.3 is 20.6 Å². The third kappa shape index (κ3) is 8.68. The number of nitrogens with zero attached hydrogens (tertiary/aromatic N) is 2. The Balaban J connectivity index is 0.00000364. The first-order valence-corrected chi connectivity index (χ1v) is 10.1. The molecule has 6 heteroatoms. The van der Waals surface area contributed by atoms with Gasteiger partial charge in [0.25, 0.3) is 0 Å². The van der Waals surface area contributed by atoms with Gasteiger partial charge in [-0.25, -0.2) is 0 Å². The Morgan fingerprint density at radius 1 is 1.30 bits per heavy atom. The molecule has 1 aromatic carbocycles. The fraction of sp³-hybridized carbons (Fsp3) is 0.667. The zero-order valence-electron chi connectivity index (χ0n) is 17.0. The molecule has 27 heavy (non-hydrogen) atoms. The minimum atomic E-state index is 0. The second-order valence-corrected chi connectivity index (χ2v) is 7.64. The van der Waals surface area contributed by atoms with Crippen LogP contribution in [0, 0.1) is 11.8 Å². The lowest BCUT2D eigenvalue weighted by atomic mass is 9.94. The highest BCUT2D eigenvalue weighted by Gasteiger charge is 2.23. The van der Waals surface area contributed by atoms with Crippen molar-refractivity contribution < 1.29 is 5.11 Å². The largest absolute Gasteiger partial charge is 0.396 e. The van der Waals surface area contributed by atoms with Crippen LogP contribution in [0.4, 0.5) is 5.69 Å². The van der Waals surface area contributed by atoms with Crippen molar-refractivity contribution in [1.82, 2.24) is 10.6 Å². The van der Waals surface area contributed by atoms with Crippen molar-refractivity contribution in [3.63, 3.8) is 0 Å². The first-order chi connectivity index (χ1) is 12.6. The molecule has 2 unspecified atom stereocenters. The van der Waals surface area contributed by atoms with E-state index in [9.17, 15) is 5.11 Å². The summed E-state index contributed by atoms with van der Waals surface area (Å²) in [6, 6.07) is 11.0. The van der Waals surface area contributed by atoms with Gasteiger partial charge in [0.1, 0.15) is 0 Å². The number of rotatable bonds is 9. The first-order valence-electron chi connectivity index (χ1n) is 10.1. The Bertz CT molecular complexity index is 538. The minimum Gasteiger partial charge on any atom is -0.396 e. The summed E-state index contributed by atoms with van der Waals surface area (Å²) in [6.07, 6.45) is 3.05. The topological polar surface area (TPSA) is 59.9 Å². The van der Waals surface area contributed by atoms with Gasteiger partial charge in [-0.3, -0.25) is 4.99 Å². The maximum absolute atomic E-state index is 9.30. The molecule has 0 radical (unpaired) electrons. The van der Waals surface area contributed by atoms with Crippen molar-refractivity contribution in [3.05, 3.63) is 30.3 Å². The van der Waals surface area contributed by atoms with Crippen LogP contribution in [0.25, 0.3) is 0 Å². The minimum absolute atomic E-state index is 0. The second-order valence-electron chi connectivity index (χ2n) is 7.64. The molecule has 1 aromatic rings. The molecule has 2 rings (SSSR count). The summed E-state index contributed by atoms with van der Waals surface area (Å²) in [5, 5.41) is 16.3. The number of para-hydroxylation sites is 1. The van der Waals surface area contributed by atoms with Crippen LogP contribution in [0.5, 0.6) is 0 Å². The number of nitrogens with one attached hydrogen (secondary N) is 2. The van der Waals surface area contributed by atoms with Crippen LogP contribution in [-0.4, -0.2) is 49.9 Å². The number of guanidine groups is 1. The molecule has 0 saturated carbocycles. The zero-order chi connectivity index (χ0) is 18.8. The number of benzene rings is 1. The number of aliphatic imine (C=N–C) groups is 1. The Hall–Kier alpha value is -1.02. The second kappa shape index (κ2) is 13.2. The van der Waals surface area contributed by atoms with Crippen LogP contribution >= 0.6 is 24.0 Å². The average molecular weight is 488 g/mol. The van der Waals surface area contributed by atoms with Crippen LogP contribution in [0.2, 0.25) is 0 Å². The number of hydrogen-bond donors (Lipinski definition) is 3. The van der Waals surface area contributed by atoms with E-state index in [1.54, 1.807) is 0 Å². The number of hydrogen-bond acceptors (Lipinski definition) is 3. The molecule has 0 aliphatic carbocycles. The van der Waals surface area contributed by atoms with Gasteiger partial charge in [0.05, 0.1) is 0 Å². The van der Waals surface area contributed by atoms with E-state index in [4.69, 9.17) is 4.99 Å². The van der Waals surface area contributed by atoms with E-state index in [0.717, 1.165) is 51.4 Å². The summed E-state index contributed by atoms with van der Waals surface area (Å²) in [5.41, 5.74) is 1.29. The molecule has 3 N–H and O–H groups in total. The van der Waals surface area contributed by atoms with E-state index in [2.05, 4.69) is 66.6 Å². The fourth-order valence-electron chi connectivity index (χ4n) is 3.62. The summed E-state index contributed by atoms with van der Waals surface area (Å²) in [4.78, 5) is 7.24. The third-order valence-electron chi connectivity index (χ3n) is 4.84. The highest BCUT2D eigenvalue weighted by atomic mass is 127. The number of aliphatic hydroxyl groups is 1. The molecule has 2 atom stereocenters. The van der Waals surface area contributed by atoms with E-state index >= 15 is 0 Å². The van der Waals surface area contributed by atoms with Gasteiger partial charge in [-0.1, -0.05) is 32.0 Å². The maximum Gasteiger partial charge on any atom is 0.191 e. The van der Waals surface area contributed by atoms with Crippen molar-refractivity contribution in [2.45, 2.75) is 46.1 Å². The van der Waals surface area contributed by atoms with Crippen LogP contribution in [-0.2, 0) is 0 Å². The predicted molar refractivity (Wildman–Crippen MR) is 126 cm³/mol. The van der Waals surface area contributed by atoms with Gasteiger partial charge in [-0.2, -0.15) is 0 Å². The van der Waals surface area contributed by atoms with E-state index < -0.39 is 0 Å². The Morgan fingerprint density at radius 2 is 2.04 bits per heavy atom. The molecule has 0 spiro atoms. The smallest absolute Gasteiger partial charge is 0.191 e. The van der Waals surface area contributed by atoms with Crippen LogP contribution in [0.15, 0.2) is 35.3 Å². The Labute approximate surface area is 182 Å². The summed E-state index contributed by atoms with van der Waals surface area (Å²) in [7, 11) is 0. The molecule has 154 valence electrons. The van der Waals surface area contributed by atoms with Crippen molar-refractivity contribution in [3.8, 4) is 0 Å². The molecule has 1 heterocycles. The maximum atomic E-state index is 9.30. The highest BCUT2D eigenvalue weighted by molar-refractivity contribution is 14.0. The standard InChI is InChI=1S/C21H36N4O.HI/c1-4-22-21(23-15-18(11-13-26)14-17(2)3)24-19-10-12-25(16-19)20-8-6-5-7-9-20;/h5-9,17-19,26H,4,10-16H2,1-3H3,(H2,22,23,24);1H. The fourth-order valence-corrected chi connectivity index (χ4v) is 3.62. The quantitative estimate of drug-likeness (QED) is 0.283. The van der Waals surface area contributed by atoms with Gasteiger partial charge in [0.2, 0.25) is 0 Å². The van der Waals surface area contributed by atoms with Crippen molar-refractivity contribution in [2.75, 3.05) is 37.7 Å². The Morgan fingerprint density at radius 3 is 2.67 bits per heavy atom. The van der Waals surface area contributed by atoms with Gasteiger partial charge in [0.15, 0.2) is 5.96 Å². The molecular weight excluding hydrogens is 451 g/mol. The zero-order valence-corrected chi connectivity index (χ0v) is 19.4. The molecule has 1 saturated heterocycles. The highest BCUT2D eigenvalue weighted by Crippen LogP contribution is 2.20. The van der Waals surface area contributed by atoms with E-state index in [0.29, 0.717) is 17.9 Å². The van der Waals surface area contributed by atoms with Crippen LogP contribution in [0.1, 0.15) is 40.0 Å². The van der Waals surface area contributed by atoms with Gasteiger partial charge in [0, 0.05) is 44.5 Å². The molecule has 0 amide bonds. The monoisotopic (exact) mass is 488 g/mol. The molecule has 1 aliphatic heterocycles. The SMILES string of the molecule is CCNC(=NCC(CCO)CC(C)C)NC1CCN(c2ccccc2)C1.I. The molecule has 1 aliphatic rings. The van der Waals surface area contributed by atoms with Crippen molar-refractivity contribution in [2.24, 2.45) is 16.8 Å². The lowest BCUT2D eigenvalue weighted by Crippen LogP contribution is -2.44.